The number of carbonyl (C=O) groups is 1. The lowest BCUT2D eigenvalue weighted by Gasteiger charge is -2.12. The third-order valence-corrected chi connectivity index (χ3v) is 2.09. The van der Waals surface area contributed by atoms with Crippen LogP contribution in [0.15, 0.2) is 0 Å². The summed E-state index contributed by atoms with van der Waals surface area (Å²) in [6, 6.07) is -0.346. The highest BCUT2D eigenvalue weighted by molar-refractivity contribution is 5.73. The van der Waals surface area contributed by atoms with Crippen LogP contribution in [0, 0.1) is 0 Å². The van der Waals surface area contributed by atoms with Gasteiger partial charge in [-0.1, -0.05) is 39.5 Å². The molecule has 0 bridgehead atoms. The molecule has 0 saturated heterocycles. The Morgan fingerprint density at radius 3 is 2.46 bits per heavy atom. The van der Waals surface area contributed by atoms with Crippen LogP contribution in [0.1, 0.15) is 46.0 Å². The zero-order chi connectivity index (χ0) is 10.1. The Hall–Kier alpha value is -0.570. The van der Waals surface area contributed by atoms with Gasteiger partial charge in [-0.05, 0) is 13.0 Å². The van der Waals surface area contributed by atoms with Gasteiger partial charge in [-0.2, -0.15) is 0 Å². The molecular formula is C10H21NO2. The molecule has 1 atom stereocenters. The van der Waals surface area contributed by atoms with E-state index >= 15 is 0 Å². The average molecular weight is 187 g/mol. The predicted octanol–water partition coefficient (Wildman–Crippen LogP) is 2.02. The molecule has 3 nitrogen and oxygen atoms in total. The number of carboxylic acids is 1. The molecular weight excluding hydrogens is 166 g/mol. The van der Waals surface area contributed by atoms with Gasteiger partial charge in [0.25, 0.3) is 0 Å². The first-order chi connectivity index (χ1) is 6.22. The molecule has 0 amide bonds. The zero-order valence-electron chi connectivity index (χ0n) is 8.68. The van der Waals surface area contributed by atoms with Crippen molar-refractivity contribution in [1.82, 2.24) is 5.32 Å². The van der Waals surface area contributed by atoms with Crippen LogP contribution in [0.4, 0.5) is 0 Å². The van der Waals surface area contributed by atoms with E-state index in [1.165, 1.54) is 12.8 Å². The van der Waals surface area contributed by atoms with Gasteiger partial charge in [-0.25, -0.2) is 0 Å². The number of carboxylic acid groups (broad SMARTS) is 1. The second kappa shape index (κ2) is 8.05. The molecule has 0 aliphatic heterocycles. The highest BCUT2D eigenvalue weighted by Gasteiger charge is 2.14. The lowest BCUT2D eigenvalue weighted by atomic mass is 10.1. The summed E-state index contributed by atoms with van der Waals surface area (Å²) in [5, 5.41) is 11.8. The molecule has 0 aliphatic carbocycles. The quantitative estimate of drug-likeness (QED) is 0.571. The van der Waals surface area contributed by atoms with Crippen LogP contribution >= 0.6 is 0 Å². The van der Waals surface area contributed by atoms with Gasteiger partial charge in [0.2, 0.25) is 0 Å². The van der Waals surface area contributed by atoms with E-state index in [2.05, 4.69) is 12.2 Å². The Morgan fingerprint density at radius 1 is 1.31 bits per heavy atom. The van der Waals surface area contributed by atoms with Crippen molar-refractivity contribution in [1.29, 1.82) is 0 Å². The van der Waals surface area contributed by atoms with Crippen LogP contribution in [-0.4, -0.2) is 23.7 Å². The highest BCUT2D eigenvalue weighted by Crippen LogP contribution is 2.05. The molecule has 0 rings (SSSR count). The van der Waals surface area contributed by atoms with Gasteiger partial charge in [-0.3, -0.25) is 4.79 Å². The third-order valence-electron chi connectivity index (χ3n) is 2.09. The standard InChI is InChI=1S/C10H21NO2/c1-3-5-6-7-8-9(10(12)13)11-4-2/h9,11H,3-8H2,1-2H3,(H,12,13). The van der Waals surface area contributed by atoms with E-state index in [-0.39, 0.29) is 6.04 Å². The molecule has 0 aromatic carbocycles. The second-order valence-electron chi connectivity index (χ2n) is 3.30. The van der Waals surface area contributed by atoms with Gasteiger partial charge < -0.3 is 10.4 Å². The van der Waals surface area contributed by atoms with Gasteiger partial charge in [0.15, 0.2) is 0 Å². The SMILES string of the molecule is CCCCCCC(NCC)C(=O)O. The van der Waals surface area contributed by atoms with Gasteiger partial charge >= 0.3 is 5.97 Å². The molecule has 13 heavy (non-hydrogen) atoms. The summed E-state index contributed by atoms with van der Waals surface area (Å²) in [6.07, 6.45) is 5.31. The van der Waals surface area contributed by atoms with Crippen LogP contribution in [0.5, 0.6) is 0 Å². The molecule has 0 radical (unpaired) electrons. The average Bonchev–Trinajstić information content (AvgIpc) is 2.10. The first kappa shape index (κ1) is 12.4. The maximum atomic E-state index is 10.7. The van der Waals surface area contributed by atoms with Crippen LogP contribution in [-0.2, 0) is 4.79 Å². The van der Waals surface area contributed by atoms with Crippen molar-refractivity contribution in [2.75, 3.05) is 6.54 Å². The zero-order valence-corrected chi connectivity index (χ0v) is 8.68. The number of nitrogens with one attached hydrogen (secondary N) is 1. The van der Waals surface area contributed by atoms with Crippen molar-refractivity contribution in [2.45, 2.75) is 52.0 Å². The number of hydrogen-bond donors (Lipinski definition) is 2. The second-order valence-corrected chi connectivity index (χ2v) is 3.30. The number of rotatable bonds is 8. The normalized spacial score (nSPS) is 12.8. The molecule has 0 spiro atoms. The van der Waals surface area contributed by atoms with Crippen molar-refractivity contribution in [3.8, 4) is 0 Å². The van der Waals surface area contributed by atoms with E-state index in [0.29, 0.717) is 0 Å². The van der Waals surface area contributed by atoms with E-state index in [0.717, 1.165) is 25.8 Å². The Labute approximate surface area is 80.5 Å². The van der Waals surface area contributed by atoms with Crippen LogP contribution < -0.4 is 5.32 Å². The lowest BCUT2D eigenvalue weighted by molar-refractivity contribution is -0.139. The van der Waals surface area contributed by atoms with E-state index < -0.39 is 5.97 Å². The fraction of sp³-hybridized carbons (Fsp3) is 0.900. The van der Waals surface area contributed by atoms with Crippen molar-refractivity contribution in [3.05, 3.63) is 0 Å². The fourth-order valence-corrected chi connectivity index (χ4v) is 1.33. The molecule has 0 aromatic heterocycles. The van der Waals surface area contributed by atoms with Crippen molar-refractivity contribution in [2.24, 2.45) is 0 Å². The summed E-state index contributed by atoms with van der Waals surface area (Å²) in [7, 11) is 0. The summed E-state index contributed by atoms with van der Waals surface area (Å²) in [4.78, 5) is 10.7. The van der Waals surface area contributed by atoms with Crippen LogP contribution in [0.25, 0.3) is 0 Å². The number of likely N-dealkylation sites (N-methyl/N-ethyl adjacent to an activating group) is 1. The largest absolute Gasteiger partial charge is 0.480 e. The molecule has 0 saturated carbocycles. The Balaban J connectivity index is 3.51. The third kappa shape index (κ3) is 6.58. The molecule has 1 unspecified atom stereocenters. The van der Waals surface area contributed by atoms with E-state index in [1.807, 2.05) is 6.92 Å². The van der Waals surface area contributed by atoms with E-state index in [9.17, 15) is 4.79 Å². The summed E-state index contributed by atoms with van der Waals surface area (Å²) < 4.78 is 0. The summed E-state index contributed by atoms with van der Waals surface area (Å²) in [5.74, 6) is -0.724. The first-order valence-electron chi connectivity index (χ1n) is 5.18. The summed E-state index contributed by atoms with van der Waals surface area (Å²) in [5.41, 5.74) is 0. The minimum Gasteiger partial charge on any atom is -0.480 e. The molecule has 0 aromatic rings. The maximum Gasteiger partial charge on any atom is 0.320 e. The number of unbranched alkanes of at least 4 members (excludes halogenated alkanes) is 3. The Morgan fingerprint density at radius 2 is 2.00 bits per heavy atom. The topological polar surface area (TPSA) is 49.3 Å². The molecule has 2 N–H and O–H groups in total. The van der Waals surface area contributed by atoms with E-state index in [1.54, 1.807) is 0 Å². The Bertz CT molecular complexity index is 137. The highest BCUT2D eigenvalue weighted by atomic mass is 16.4. The van der Waals surface area contributed by atoms with Crippen molar-refractivity contribution >= 4 is 5.97 Å². The number of aliphatic carboxylic acids is 1. The van der Waals surface area contributed by atoms with Gasteiger partial charge in [0.1, 0.15) is 6.04 Å². The Kier molecular flexibility index (Phi) is 7.69. The first-order valence-corrected chi connectivity index (χ1v) is 5.18. The minimum atomic E-state index is -0.724. The molecule has 78 valence electrons. The minimum absolute atomic E-state index is 0.346. The number of hydrogen-bond acceptors (Lipinski definition) is 2. The maximum absolute atomic E-state index is 10.7. The molecule has 0 fully saturated rings. The van der Waals surface area contributed by atoms with Crippen molar-refractivity contribution in [3.63, 3.8) is 0 Å². The lowest BCUT2D eigenvalue weighted by Crippen LogP contribution is -2.36. The fourth-order valence-electron chi connectivity index (χ4n) is 1.33. The molecule has 0 heterocycles. The van der Waals surface area contributed by atoms with E-state index in [4.69, 9.17) is 5.11 Å². The van der Waals surface area contributed by atoms with Crippen LogP contribution in [0.3, 0.4) is 0 Å². The van der Waals surface area contributed by atoms with Gasteiger partial charge in [0.05, 0.1) is 0 Å². The molecule has 3 heteroatoms. The predicted molar refractivity (Wildman–Crippen MR) is 53.9 cm³/mol. The summed E-state index contributed by atoms with van der Waals surface area (Å²) in [6.45, 7) is 4.81. The summed E-state index contributed by atoms with van der Waals surface area (Å²) >= 11 is 0. The van der Waals surface area contributed by atoms with Gasteiger partial charge in [0, 0.05) is 0 Å². The van der Waals surface area contributed by atoms with Crippen molar-refractivity contribution < 1.29 is 9.90 Å². The van der Waals surface area contributed by atoms with Crippen LogP contribution in [0.2, 0.25) is 0 Å². The van der Waals surface area contributed by atoms with Gasteiger partial charge in [-0.15, -0.1) is 0 Å². The molecule has 0 aliphatic rings. The monoisotopic (exact) mass is 187 g/mol. The smallest absolute Gasteiger partial charge is 0.320 e.